The van der Waals surface area contributed by atoms with Crippen molar-refractivity contribution in [3.05, 3.63) is 59.6 Å². The molecule has 1 aliphatic heterocycles. The Morgan fingerprint density at radius 3 is 2.45 bits per heavy atom. The maximum atomic E-state index is 12.0. The van der Waals surface area contributed by atoms with E-state index in [4.69, 9.17) is 11.6 Å². The minimum atomic E-state index is -0.0398. The predicted molar refractivity (Wildman–Crippen MR) is 80.2 cm³/mol. The molecule has 0 spiro atoms. The number of amides is 1. The van der Waals surface area contributed by atoms with Gasteiger partial charge in [0.2, 0.25) is 0 Å². The van der Waals surface area contributed by atoms with Crippen LogP contribution in [0, 0.1) is 0 Å². The predicted octanol–water partition coefficient (Wildman–Crippen LogP) is 3.31. The second-order valence-corrected chi connectivity index (χ2v) is 4.82. The van der Waals surface area contributed by atoms with Gasteiger partial charge in [-0.2, -0.15) is 0 Å². The van der Waals surface area contributed by atoms with Crippen LogP contribution in [0.3, 0.4) is 0 Å². The largest absolute Gasteiger partial charge is 0.278 e. The highest BCUT2D eigenvalue weighted by molar-refractivity contribution is 6.30. The molecule has 0 bridgehead atoms. The highest BCUT2D eigenvalue weighted by Gasteiger charge is 2.26. The van der Waals surface area contributed by atoms with E-state index in [0.29, 0.717) is 10.9 Å². The number of rotatable bonds is 2. The van der Waals surface area contributed by atoms with Gasteiger partial charge in [0.15, 0.2) is 0 Å². The molecule has 20 heavy (non-hydrogen) atoms. The Morgan fingerprint density at radius 1 is 1.05 bits per heavy atom. The molecule has 0 atom stereocenters. The molecule has 0 radical (unpaired) electrons. The maximum Gasteiger partial charge on any atom is 0.253 e. The van der Waals surface area contributed by atoms with Crippen molar-refractivity contribution in [1.29, 1.82) is 0 Å². The van der Waals surface area contributed by atoms with E-state index >= 15 is 0 Å². The van der Waals surface area contributed by atoms with Crippen LogP contribution < -0.4 is 10.4 Å². The van der Waals surface area contributed by atoms with Gasteiger partial charge in [-0.3, -0.25) is 10.2 Å². The lowest BCUT2D eigenvalue weighted by molar-refractivity contribution is -0.116. The quantitative estimate of drug-likeness (QED) is 0.920. The lowest BCUT2D eigenvalue weighted by atomic mass is 10.3. The summed E-state index contributed by atoms with van der Waals surface area (Å²) in [5.41, 5.74) is 4.58. The van der Waals surface area contributed by atoms with Gasteiger partial charge < -0.3 is 0 Å². The number of aliphatic imine (C=N–C) groups is 1. The van der Waals surface area contributed by atoms with Gasteiger partial charge in [0.1, 0.15) is 5.84 Å². The number of carbonyl (C=O) groups is 1. The Balaban J connectivity index is 1.82. The third kappa shape index (κ3) is 2.65. The first kappa shape index (κ1) is 12.7. The number of hydrazine groups is 1. The summed E-state index contributed by atoms with van der Waals surface area (Å²) in [6.45, 7) is 0. The number of nitrogens with zero attached hydrogens (tertiary/aromatic N) is 2. The number of anilines is 1. The molecule has 1 fully saturated rings. The highest BCUT2D eigenvalue weighted by Crippen LogP contribution is 2.21. The molecule has 0 aromatic heterocycles. The molecule has 1 amide bonds. The van der Waals surface area contributed by atoms with Crippen LogP contribution >= 0.6 is 11.6 Å². The molecule has 2 aromatic rings. The second kappa shape index (κ2) is 5.35. The van der Waals surface area contributed by atoms with E-state index < -0.39 is 0 Å². The van der Waals surface area contributed by atoms with Crippen LogP contribution in [0.15, 0.2) is 59.6 Å². The zero-order valence-corrected chi connectivity index (χ0v) is 11.3. The highest BCUT2D eigenvalue weighted by atomic mass is 35.5. The van der Waals surface area contributed by atoms with E-state index in [2.05, 4.69) is 10.4 Å². The van der Waals surface area contributed by atoms with Crippen molar-refractivity contribution in [2.24, 2.45) is 4.99 Å². The molecule has 1 N–H and O–H groups in total. The molecule has 0 unspecified atom stereocenters. The first-order valence-electron chi connectivity index (χ1n) is 6.20. The van der Waals surface area contributed by atoms with Crippen LogP contribution in [0.4, 0.5) is 11.4 Å². The number of halogens is 1. The Morgan fingerprint density at radius 2 is 1.75 bits per heavy atom. The van der Waals surface area contributed by atoms with Crippen LogP contribution in [0.5, 0.6) is 0 Å². The molecular formula is C15H12ClN3O. The monoisotopic (exact) mass is 285 g/mol. The first-order chi connectivity index (χ1) is 9.72. The van der Waals surface area contributed by atoms with E-state index in [9.17, 15) is 4.79 Å². The van der Waals surface area contributed by atoms with Gasteiger partial charge in [-0.25, -0.2) is 10.0 Å². The third-order valence-corrected chi connectivity index (χ3v) is 3.17. The van der Waals surface area contributed by atoms with E-state index in [0.717, 1.165) is 11.4 Å². The molecule has 0 aliphatic carbocycles. The number of carbonyl (C=O) groups excluding carboxylic acids is 1. The molecule has 3 rings (SSSR count). The maximum absolute atomic E-state index is 12.0. The van der Waals surface area contributed by atoms with E-state index in [1.807, 2.05) is 30.3 Å². The van der Waals surface area contributed by atoms with E-state index in [-0.39, 0.29) is 12.3 Å². The van der Waals surface area contributed by atoms with Gasteiger partial charge >= 0.3 is 0 Å². The minimum Gasteiger partial charge on any atom is -0.278 e. The molecule has 0 saturated carbocycles. The average molecular weight is 286 g/mol. The van der Waals surface area contributed by atoms with Crippen molar-refractivity contribution in [2.75, 3.05) is 5.01 Å². The van der Waals surface area contributed by atoms with Crippen molar-refractivity contribution in [3.63, 3.8) is 0 Å². The standard InChI is InChI=1S/C15H12ClN3O/c16-11-6-8-13(9-7-11)19-15(20)10-14(18-19)17-12-4-2-1-3-5-12/h1-9H,10H2,(H,17,18). The second-order valence-electron chi connectivity index (χ2n) is 4.39. The molecule has 1 aliphatic rings. The first-order valence-corrected chi connectivity index (χ1v) is 6.58. The third-order valence-electron chi connectivity index (χ3n) is 2.91. The number of benzene rings is 2. The molecule has 4 nitrogen and oxygen atoms in total. The number of para-hydroxylation sites is 1. The van der Waals surface area contributed by atoms with Gasteiger partial charge in [0.05, 0.1) is 17.8 Å². The molecule has 1 saturated heterocycles. The lowest BCUT2D eigenvalue weighted by Gasteiger charge is -2.15. The van der Waals surface area contributed by atoms with Crippen molar-refractivity contribution >= 4 is 34.7 Å². The molecule has 2 aromatic carbocycles. The van der Waals surface area contributed by atoms with Crippen molar-refractivity contribution in [1.82, 2.24) is 5.43 Å². The molecule has 100 valence electrons. The summed E-state index contributed by atoms with van der Waals surface area (Å²) in [7, 11) is 0. The van der Waals surface area contributed by atoms with Crippen molar-refractivity contribution < 1.29 is 4.79 Å². The topological polar surface area (TPSA) is 44.7 Å². The summed E-state index contributed by atoms with van der Waals surface area (Å²) >= 11 is 5.84. The number of hydrogen-bond donors (Lipinski definition) is 1. The number of hydrogen-bond acceptors (Lipinski definition) is 2. The lowest BCUT2D eigenvalue weighted by Crippen LogP contribution is -2.35. The van der Waals surface area contributed by atoms with Crippen LogP contribution in [0.1, 0.15) is 6.42 Å². The fourth-order valence-corrected chi connectivity index (χ4v) is 2.10. The summed E-state index contributed by atoms with van der Waals surface area (Å²) in [4.78, 5) is 16.4. The summed E-state index contributed by atoms with van der Waals surface area (Å²) < 4.78 is 0. The zero-order chi connectivity index (χ0) is 13.9. The SMILES string of the molecule is O=C1CC(=Nc2ccccc2)NN1c1ccc(Cl)cc1. The fourth-order valence-electron chi connectivity index (χ4n) is 1.97. The zero-order valence-electron chi connectivity index (χ0n) is 10.6. The fraction of sp³-hybridized carbons (Fsp3) is 0.0667. The normalized spacial score (nSPS) is 16.6. The van der Waals surface area contributed by atoms with Gasteiger partial charge in [-0.15, -0.1) is 0 Å². The Labute approximate surface area is 121 Å². The molecule has 1 heterocycles. The van der Waals surface area contributed by atoms with Gasteiger partial charge in [0, 0.05) is 5.02 Å². The van der Waals surface area contributed by atoms with E-state index in [1.165, 1.54) is 5.01 Å². The van der Waals surface area contributed by atoms with Crippen molar-refractivity contribution in [3.8, 4) is 0 Å². The van der Waals surface area contributed by atoms with Crippen LogP contribution in [0.25, 0.3) is 0 Å². The number of nitrogens with one attached hydrogen (secondary N) is 1. The molecular weight excluding hydrogens is 274 g/mol. The summed E-state index contributed by atoms with van der Waals surface area (Å²) in [5, 5.41) is 2.12. The van der Waals surface area contributed by atoms with Gasteiger partial charge in [-0.1, -0.05) is 29.8 Å². The Kier molecular flexibility index (Phi) is 3.39. The average Bonchev–Trinajstić information content (AvgIpc) is 2.81. The summed E-state index contributed by atoms with van der Waals surface area (Å²) in [6, 6.07) is 16.6. The number of amidine groups is 1. The van der Waals surface area contributed by atoms with Gasteiger partial charge in [0.25, 0.3) is 5.91 Å². The van der Waals surface area contributed by atoms with Crippen LogP contribution in [-0.2, 0) is 4.79 Å². The minimum absolute atomic E-state index is 0.0398. The Bertz CT molecular complexity index is 653. The van der Waals surface area contributed by atoms with Gasteiger partial charge in [-0.05, 0) is 36.4 Å². The van der Waals surface area contributed by atoms with Crippen LogP contribution in [-0.4, -0.2) is 11.7 Å². The Hall–Kier alpha value is -2.33. The molecule has 5 heteroatoms. The van der Waals surface area contributed by atoms with Crippen molar-refractivity contribution in [2.45, 2.75) is 6.42 Å². The summed E-state index contributed by atoms with van der Waals surface area (Å²) in [6.07, 6.45) is 0.261. The summed E-state index contributed by atoms with van der Waals surface area (Å²) in [5.74, 6) is 0.596. The smallest absolute Gasteiger partial charge is 0.253 e. The van der Waals surface area contributed by atoms with E-state index in [1.54, 1.807) is 24.3 Å². The van der Waals surface area contributed by atoms with Crippen LogP contribution in [0.2, 0.25) is 5.02 Å².